The van der Waals surface area contributed by atoms with E-state index in [9.17, 15) is 10.1 Å². The first-order chi connectivity index (χ1) is 10.2. The molecule has 1 aliphatic rings. The van der Waals surface area contributed by atoms with E-state index in [2.05, 4.69) is 17.2 Å². The van der Waals surface area contributed by atoms with Crippen molar-refractivity contribution < 1.29 is 4.92 Å². The van der Waals surface area contributed by atoms with Crippen LogP contribution in [0, 0.1) is 16.0 Å². The number of hydrogen-bond acceptors (Lipinski definition) is 4. The van der Waals surface area contributed by atoms with E-state index in [-0.39, 0.29) is 16.7 Å². The summed E-state index contributed by atoms with van der Waals surface area (Å²) >= 11 is 0. The van der Waals surface area contributed by atoms with Crippen molar-refractivity contribution in [3.05, 3.63) is 40.6 Å². The number of aromatic nitrogens is 1. The smallest absolute Gasteiger partial charge is 0.311 e. The second-order valence-corrected chi connectivity index (χ2v) is 5.77. The Balaban J connectivity index is 2.01. The van der Waals surface area contributed by atoms with Gasteiger partial charge < -0.3 is 5.32 Å². The molecular formula is C16H19N3O2. The molecule has 1 atom stereocenters. The average molecular weight is 285 g/mol. The quantitative estimate of drug-likeness (QED) is 0.677. The molecule has 0 radical (unpaired) electrons. The van der Waals surface area contributed by atoms with Crippen molar-refractivity contribution in [3.8, 4) is 0 Å². The third-order valence-corrected chi connectivity index (χ3v) is 4.43. The van der Waals surface area contributed by atoms with E-state index in [0.29, 0.717) is 11.6 Å². The van der Waals surface area contributed by atoms with Gasteiger partial charge in [0.05, 0.1) is 10.4 Å². The number of benzene rings is 1. The Morgan fingerprint density at radius 2 is 2.05 bits per heavy atom. The van der Waals surface area contributed by atoms with Crippen LogP contribution in [-0.4, -0.2) is 15.9 Å². The molecule has 2 aromatic rings. The van der Waals surface area contributed by atoms with Crippen molar-refractivity contribution in [1.29, 1.82) is 0 Å². The van der Waals surface area contributed by atoms with Gasteiger partial charge in [0.2, 0.25) is 0 Å². The molecule has 0 spiro atoms. The van der Waals surface area contributed by atoms with E-state index in [0.717, 1.165) is 10.9 Å². The molecule has 1 aromatic heterocycles. The summed E-state index contributed by atoms with van der Waals surface area (Å²) in [4.78, 5) is 15.1. The normalized spacial score (nSPS) is 17.0. The fourth-order valence-corrected chi connectivity index (χ4v) is 3.22. The van der Waals surface area contributed by atoms with Crippen molar-refractivity contribution >= 4 is 22.3 Å². The lowest BCUT2D eigenvalue weighted by molar-refractivity contribution is -0.384. The number of para-hydroxylation sites is 1. The zero-order valence-electron chi connectivity index (χ0n) is 12.1. The molecule has 5 heteroatoms. The van der Waals surface area contributed by atoms with Crippen molar-refractivity contribution in [2.24, 2.45) is 5.92 Å². The first-order valence-electron chi connectivity index (χ1n) is 7.45. The Hall–Kier alpha value is -2.17. The summed E-state index contributed by atoms with van der Waals surface area (Å²) in [5.41, 5.74) is 1.44. The van der Waals surface area contributed by atoms with Crippen LogP contribution < -0.4 is 5.32 Å². The average Bonchev–Trinajstić information content (AvgIpc) is 3.01. The highest BCUT2D eigenvalue weighted by atomic mass is 16.6. The van der Waals surface area contributed by atoms with Crippen LogP contribution in [0.15, 0.2) is 30.5 Å². The fourth-order valence-electron chi connectivity index (χ4n) is 3.22. The van der Waals surface area contributed by atoms with Crippen LogP contribution in [0.25, 0.3) is 10.9 Å². The van der Waals surface area contributed by atoms with Crippen molar-refractivity contribution in [1.82, 2.24) is 4.98 Å². The Morgan fingerprint density at radius 1 is 1.33 bits per heavy atom. The topological polar surface area (TPSA) is 68.1 Å². The van der Waals surface area contributed by atoms with Gasteiger partial charge in [-0.1, -0.05) is 31.0 Å². The van der Waals surface area contributed by atoms with Crippen molar-refractivity contribution in [2.75, 3.05) is 5.32 Å². The fraction of sp³-hybridized carbons (Fsp3) is 0.438. The number of rotatable bonds is 4. The minimum absolute atomic E-state index is 0.0542. The highest BCUT2D eigenvalue weighted by Crippen LogP contribution is 2.35. The van der Waals surface area contributed by atoms with Crippen LogP contribution in [0.4, 0.5) is 11.4 Å². The van der Waals surface area contributed by atoms with Crippen molar-refractivity contribution in [3.63, 3.8) is 0 Å². The molecule has 0 bridgehead atoms. The summed E-state index contributed by atoms with van der Waals surface area (Å²) < 4.78 is 0. The molecule has 0 saturated heterocycles. The lowest BCUT2D eigenvalue weighted by Gasteiger charge is -2.22. The lowest BCUT2D eigenvalue weighted by atomic mass is 9.99. The van der Waals surface area contributed by atoms with Crippen LogP contribution in [0.1, 0.15) is 32.6 Å². The summed E-state index contributed by atoms with van der Waals surface area (Å²) in [6, 6.07) is 7.78. The van der Waals surface area contributed by atoms with E-state index in [1.54, 1.807) is 0 Å². The van der Waals surface area contributed by atoms with Crippen molar-refractivity contribution in [2.45, 2.75) is 38.6 Å². The first-order valence-corrected chi connectivity index (χ1v) is 7.45. The van der Waals surface area contributed by atoms with Crippen LogP contribution in [0.2, 0.25) is 0 Å². The SMILES string of the molecule is CC(Nc1c([N+](=O)[O-])cnc2ccccc12)C1CCCC1. The minimum Gasteiger partial charge on any atom is -0.376 e. The number of nitrogens with zero attached hydrogens (tertiary/aromatic N) is 2. The number of anilines is 1. The number of pyridine rings is 1. The molecule has 1 fully saturated rings. The zero-order chi connectivity index (χ0) is 14.8. The van der Waals surface area contributed by atoms with Gasteiger partial charge in [-0.3, -0.25) is 10.1 Å². The summed E-state index contributed by atoms with van der Waals surface area (Å²) in [6.45, 7) is 2.12. The Bertz CT molecular complexity index is 666. The molecule has 1 heterocycles. The highest BCUT2D eigenvalue weighted by Gasteiger charge is 2.25. The van der Waals surface area contributed by atoms with E-state index in [4.69, 9.17) is 0 Å². The first kappa shape index (κ1) is 13.8. The molecule has 3 rings (SSSR count). The van der Waals surface area contributed by atoms with E-state index in [1.807, 2.05) is 24.3 Å². The number of fused-ring (bicyclic) bond motifs is 1. The van der Waals surface area contributed by atoms with Gasteiger partial charge >= 0.3 is 5.69 Å². The van der Waals surface area contributed by atoms with Gasteiger partial charge in [-0.05, 0) is 31.7 Å². The standard InChI is InChI=1S/C16H19N3O2/c1-11(12-6-2-3-7-12)18-16-13-8-4-5-9-14(13)17-10-15(16)19(20)21/h4-5,8-12H,2-3,6-7H2,1H3,(H,17,18). The second kappa shape index (κ2) is 5.68. The minimum atomic E-state index is -0.358. The maximum atomic E-state index is 11.3. The number of hydrogen-bond donors (Lipinski definition) is 1. The molecule has 1 unspecified atom stereocenters. The van der Waals surface area contributed by atoms with Gasteiger partial charge in [-0.15, -0.1) is 0 Å². The molecule has 1 aliphatic carbocycles. The summed E-state index contributed by atoms with van der Waals surface area (Å²) in [7, 11) is 0. The molecule has 0 amide bonds. The van der Waals surface area contributed by atoms with Gasteiger partial charge in [-0.2, -0.15) is 0 Å². The largest absolute Gasteiger partial charge is 0.376 e. The van der Waals surface area contributed by atoms with E-state index >= 15 is 0 Å². The summed E-state index contributed by atoms with van der Waals surface area (Å²) in [6.07, 6.45) is 6.27. The lowest BCUT2D eigenvalue weighted by Crippen LogP contribution is -2.24. The highest BCUT2D eigenvalue weighted by molar-refractivity contribution is 5.95. The Morgan fingerprint density at radius 3 is 2.76 bits per heavy atom. The van der Waals surface area contributed by atoms with E-state index < -0.39 is 0 Å². The number of nitro groups is 1. The molecular weight excluding hydrogens is 266 g/mol. The van der Waals surface area contributed by atoms with Gasteiger partial charge in [-0.25, -0.2) is 4.98 Å². The predicted octanol–water partition coefficient (Wildman–Crippen LogP) is 4.13. The predicted molar refractivity (Wildman–Crippen MR) is 83.4 cm³/mol. The zero-order valence-corrected chi connectivity index (χ0v) is 12.1. The maximum absolute atomic E-state index is 11.3. The van der Waals surface area contributed by atoms with Crippen LogP contribution in [0.3, 0.4) is 0 Å². The van der Waals surface area contributed by atoms with Crippen LogP contribution in [0.5, 0.6) is 0 Å². The molecule has 110 valence electrons. The van der Waals surface area contributed by atoms with Crippen LogP contribution >= 0.6 is 0 Å². The second-order valence-electron chi connectivity index (χ2n) is 5.77. The Kier molecular flexibility index (Phi) is 3.73. The third kappa shape index (κ3) is 2.68. The molecule has 1 aromatic carbocycles. The monoisotopic (exact) mass is 285 g/mol. The molecule has 0 aliphatic heterocycles. The third-order valence-electron chi connectivity index (χ3n) is 4.43. The van der Waals surface area contributed by atoms with Gasteiger partial charge in [0.25, 0.3) is 0 Å². The van der Waals surface area contributed by atoms with Gasteiger partial charge in [0.15, 0.2) is 0 Å². The maximum Gasteiger partial charge on any atom is 0.311 e. The molecule has 21 heavy (non-hydrogen) atoms. The Labute approximate surface area is 123 Å². The molecule has 5 nitrogen and oxygen atoms in total. The van der Waals surface area contributed by atoms with Gasteiger partial charge in [0.1, 0.15) is 11.9 Å². The van der Waals surface area contributed by atoms with Gasteiger partial charge in [0, 0.05) is 11.4 Å². The number of nitrogens with one attached hydrogen (secondary N) is 1. The van der Waals surface area contributed by atoms with E-state index in [1.165, 1.54) is 31.9 Å². The summed E-state index contributed by atoms with van der Waals surface area (Å²) in [5.74, 6) is 0.594. The van der Waals surface area contributed by atoms with Crippen LogP contribution in [-0.2, 0) is 0 Å². The molecule has 1 saturated carbocycles. The summed E-state index contributed by atoms with van der Waals surface area (Å²) in [5, 5.41) is 15.5. The molecule has 1 N–H and O–H groups in total.